The maximum absolute atomic E-state index is 13.7. The van der Waals surface area contributed by atoms with Crippen LogP contribution >= 0.6 is 0 Å². The van der Waals surface area contributed by atoms with Crippen LogP contribution in [0.4, 0.5) is 4.39 Å². The maximum Gasteiger partial charge on any atom is 0.321 e. The summed E-state index contributed by atoms with van der Waals surface area (Å²) in [6.07, 6.45) is 0. The molecule has 0 aliphatic rings. The fraction of sp³-hybridized carbons (Fsp3) is 0.417. The largest absolute Gasteiger partial charge is 0.480 e. The minimum Gasteiger partial charge on any atom is -0.480 e. The molecule has 0 spiro atoms. The van der Waals surface area contributed by atoms with E-state index in [0.29, 0.717) is 5.56 Å². The van der Waals surface area contributed by atoms with Crippen molar-refractivity contribution in [3.05, 3.63) is 34.6 Å². The molecular formula is C12H16FNO2. The summed E-state index contributed by atoms with van der Waals surface area (Å²) in [7, 11) is 0. The number of nitrogens with two attached hydrogens (primary N) is 1. The molecule has 0 heterocycles. The fourth-order valence-electron chi connectivity index (χ4n) is 1.76. The molecule has 1 aromatic carbocycles. The van der Waals surface area contributed by atoms with E-state index in [9.17, 15) is 9.18 Å². The van der Waals surface area contributed by atoms with E-state index in [4.69, 9.17) is 10.8 Å². The molecule has 0 saturated heterocycles. The maximum atomic E-state index is 13.7. The Morgan fingerprint density at radius 2 is 2.00 bits per heavy atom. The Labute approximate surface area is 94.1 Å². The zero-order valence-corrected chi connectivity index (χ0v) is 9.62. The first-order valence-electron chi connectivity index (χ1n) is 5.10. The number of aryl methyl sites for hydroxylation is 1. The van der Waals surface area contributed by atoms with Crippen molar-refractivity contribution in [2.24, 2.45) is 5.73 Å². The van der Waals surface area contributed by atoms with E-state index in [2.05, 4.69) is 0 Å². The topological polar surface area (TPSA) is 63.3 Å². The van der Waals surface area contributed by atoms with Crippen LogP contribution in [0, 0.1) is 19.7 Å². The molecule has 0 aromatic heterocycles. The number of carboxylic acid groups (broad SMARTS) is 1. The lowest BCUT2D eigenvalue weighted by Crippen LogP contribution is -2.36. The summed E-state index contributed by atoms with van der Waals surface area (Å²) in [6.45, 7) is 5.26. The van der Waals surface area contributed by atoms with Crippen LogP contribution in [0.15, 0.2) is 12.1 Å². The van der Waals surface area contributed by atoms with Gasteiger partial charge in [-0.3, -0.25) is 4.79 Å². The molecular weight excluding hydrogens is 209 g/mol. The van der Waals surface area contributed by atoms with Crippen LogP contribution < -0.4 is 5.73 Å². The number of rotatable bonds is 3. The van der Waals surface area contributed by atoms with Crippen molar-refractivity contribution in [3.63, 3.8) is 0 Å². The molecule has 88 valence electrons. The Morgan fingerprint density at radius 3 is 2.50 bits per heavy atom. The highest BCUT2D eigenvalue weighted by Crippen LogP contribution is 2.27. The number of benzene rings is 1. The predicted octanol–water partition coefficient (Wildman–Crippen LogP) is 1.96. The molecule has 2 atom stereocenters. The Bertz CT molecular complexity index is 418. The predicted molar refractivity (Wildman–Crippen MR) is 59.9 cm³/mol. The van der Waals surface area contributed by atoms with Gasteiger partial charge in [-0.25, -0.2) is 4.39 Å². The van der Waals surface area contributed by atoms with Gasteiger partial charge in [-0.05, 0) is 36.6 Å². The zero-order valence-electron chi connectivity index (χ0n) is 9.62. The highest BCUT2D eigenvalue weighted by atomic mass is 19.1. The quantitative estimate of drug-likeness (QED) is 0.826. The van der Waals surface area contributed by atoms with Gasteiger partial charge >= 0.3 is 5.97 Å². The normalized spacial score (nSPS) is 14.6. The van der Waals surface area contributed by atoms with E-state index >= 15 is 0 Å². The number of halogens is 1. The second kappa shape index (κ2) is 4.61. The molecule has 3 N–H and O–H groups in total. The lowest BCUT2D eigenvalue weighted by molar-refractivity contribution is -0.139. The summed E-state index contributed by atoms with van der Waals surface area (Å²) in [5, 5.41) is 8.82. The molecule has 4 heteroatoms. The van der Waals surface area contributed by atoms with Crippen molar-refractivity contribution >= 4 is 5.97 Å². The Hall–Kier alpha value is -1.42. The molecule has 0 bridgehead atoms. The van der Waals surface area contributed by atoms with Crippen LogP contribution in [0.1, 0.15) is 29.5 Å². The van der Waals surface area contributed by atoms with Crippen LogP contribution in [-0.2, 0) is 4.79 Å². The third kappa shape index (κ3) is 2.22. The number of hydrogen-bond acceptors (Lipinski definition) is 2. The van der Waals surface area contributed by atoms with Crippen molar-refractivity contribution in [2.45, 2.75) is 32.7 Å². The molecule has 16 heavy (non-hydrogen) atoms. The van der Waals surface area contributed by atoms with Gasteiger partial charge in [0, 0.05) is 5.92 Å². The van der Waals surface area contributed by atoms with Gasteiger partial charge in [0.25, 0.3) is 0 Å². The second-order valence-electron chi connectivity index (χ2n) is 4.06. The first-order chi connectivity index (χ1) is 7.36. The van der Waals surface area contributed by atoms with Gasteiger partial charge in [0.05, 0.1) is 0 Å². The number of carbonyl (C=O) groups is 1. The average molecular weight is 225 g/mol. The monoisotopic (exact) mass is 225 g/mol. The van der Waals surface area contributed by atoms with Gasteiger partial charge in [-0.2, -0.15) is 0 Å². The number of hydrogen-bond donors (Lipinski definition) is 2. The molecule has 0 aliphatic heterocycles. The number of carboxylic acids is 1. The Morgan fingerprint density at radius 1 is 1.44 bits per heavy atom. The van der Waals surface area contributed by atoms with Crippen LogP contribution in [0.25, 0.3) is 0 Å². The molecule has 0 saturated carbocycles. The Kier molecular flexibility index (Phi) is 3.65. The standard InChI is InChI=1S/C12H16FNO2/c1-6-4-5-9(13)10(7(6)2)8(3)11(14)12(15)16/h4-5,8,11H,14H2,1-3H3,(H,15,16)/t8?,11-/m0/s1. The van der Waals surface area contributed by atoms with Crippen LogP contribution in [0.3, 0.4) is 0 Å². The van der Waals surface area contributed by atoms with E-state index in [0.717, 1.165) is 11.1 Å². The molecule has 1 rings (SSSR count). The smallest absolute Gasteiger partial charge is 0.321 e. The highest BCUT2D eigenvalue weighted by Gasteiger charge is 2.25. The van der Waals surface area contributed by atoms with Crippen molar-refractivity contribution in [1.82, 2.24) is 0 Å². The van der Waals surface area contributed by atoms with Crippen LogP contribution in [-0.4, -0.2) is 17.1 Å². The van der Waals surface area contributed by atoms with Crippen LogP contribution in [0.5, 0.6) is 0 Å². The van der Waals surface area contributed by atoms with E-state index in [-0.39, 0.29) is 0 Å². The van der Waals surface area contributed by atoms with Gasteiger partial charge in [0.15, 0.2) is 0 Å². The Balaban J connectivity index is 3.22. The van der Waals surface area contributed by atoms with Crippen molar-refractivity contribution in [2.75, 3.05) is 0 Å². The first kappa shape index (κ1) is 12.6. The third-order valence-electron chi connectivity index (χ3n) is 3.01. The van der Waals surface area contributed by atoms with Gasteiger partial charge in [-0.15, -0.1) is 0 Å². The van der Waals surface area contributed by atoms with Crippen LogP contribution in [0.2, 0.25) is 0 Å². The average Bonchev–Trinajstić information content (AvgIpc) is 2.22. The zero-order chi connectivity index (χ0) is 12.5. The van der Waals surface area contributed by atoms with Crippen molar-refractivity contribution < 1.29 is 14.3 Å². The summed E-state index contributed by atoms with van der Waals surface area (Å²) in [4.78, 5) is 10.8. The SMILES string of the molecule is Cc1ccc(F)c(C(C)[C@H](N)C(=O)O)c1C. The van der Waals surface area contributed by atoms with Gasteiger partial charge < -0.3 is 10.8 Å². The van der Waals surface area contributed by atoms with E-state index in [1.54, 1.807) is 19.9 Å². The van der Waals surface area contributed by atoms with Gasteiger partial charge in [0.1, 0.15) is 11.9 Å². The lowest BCUT2D eigenvalue weighted by Gasteiger charge is -2.20. The number of aliphatic carboxylic acids is 1. The summed E-state index contributed by atoms with van der Waals surface area (Å²) in [6, 6.07) is 1.94. The summed E-state index contributed by atoms with van der Waals surface area (Å²) >= 11 is 0. The first-order valence-corrected chi connectivity index (χ1v) is 5.10. The molecule has 0 radical (unpaired) electrons. The second-order valence-corrected chi connectivity index (χ2v) is 4.06. The van der Waals surface area contributed by atoms with Crippen molar-refractivity contribution in [1.29, 1.82) is 0 Å². The molecule has 0 fully saturated rings. The fourth-order valence-corrected chi connectivity index (χ4v) is 1.76. The summed E-state index contributed by atoms with van der Waals surface area (Å²) in [5.74, 6) is -2.06. The minimum atomic E-state index is -1.12. The molecule has 0 amide bonds. The molecule has 0 aliphatic carbocycles. The van der Waals surface area contributed by atoms with E-state index < -0.39 is 23.7 Å². The summed E-state index contributed by atoms with van der Waals surface area (Å²) in [5.41, 5.74) is 7.61. The van der Waals surface area contributed by atoms with Gasteiger partial charge in [-0.1, -0.05) is 13.0 Å². The molecule has 3 nitrogen and oxygen atoms in total. The van der Waals surface area contributed by atoms with Crippen molar-refractivity contribution in [3.8, 4) is 0 Å². The van der Waals surface area contributed by atoms with E-state index in [1.807, 2.05) is 6.92 Å². The third-order valence-corrected chi connectivity index (χ3v) is 3.01. The minimum absolute atomic E-state index is 0.396. The molecule has 1 aromatic rings. The lowest BCUT2D eigenvalue weighted by atomic mass is 9.88. The highest BCUT2D eigenvalue weighted by molar-refractivity contribution is 5.74. The summed E-state index contributed by atoms with van der Waals surface area (Å²) < 4.78 is 13.7. The molecule has 1 unspecified atom stereocenters. The van der Waals surface area contributed by atoms with Gasteiger partial charge in [0.2, 0.25) is 0 Å². The van der Waals surface area contributed by atoms with E-state index in [1.165, 1.54) is 6.07 Å².